The predicted octanol–water partition coefficient (Wildman–Crippen LogP) is 1.98. The molecule has 3 amide bonds. The molecule has 0 radical (unpaired) electrons. The Morgan fingerprint density at radius 3 is 2.53 bits per heavy atom. The second-order valence-electron chi connectivity index (χ2n) is 3.38. The van der Waals surface area contributed by atoms with Crippen molar-refractivity contribution in [3.05, 3.63) is 0 Å². The van der Waals surface area contributed by atoms with E-state index in [1.54, 1.807) is 18.7 Å². The molecule has 0 aliphatic rings. The van der Waals surface area contributed by atoms with Gasteiger partial charge < -0.3 is 5.32 Å². The van der Waals surface area contributed by atoms with Crippen LogP contribution in [0.5, 0.6) is 0 Å². The molecule has 6 nitrogen and oxygen atoms in total. The van der Waals surface area contributed by atoms with Gasteiger partial charge in [0.05, 0.1) is 5.75 Å². The van der Waals surface area contributed by atoms with Gasteiger partial charge in [-0.3, -0.25) is 10.1 Å². The summed E-state index contributed by atoms with van der Waals surface area (Å²) >= 11 is 4.41. The van der Waals surface area contributed by atoms with Crippen LogP contribution in [0.1, 0.15) is 20.3 Å². The monoisotopic (exact) mass is 320 g/mol. The number of carbonyl (C=O) groups excluding carboxylic acids is 2. The molecule has 0 fully saturated rings. The second kappa shape index (κ2) is 9.16. The van der Waals surface area contributed by atoms with Gasteiger partial charge in [0.2, 0.25) is 5.91 Å². The van der Waals surface area contributed by atoms with Gasteiger partial charge in [-0.25, -0.2) is 4.79 Å². The minimum absolute atomic E-state index is 0.157. The van der Waals surface area contributed by atoms with Crippen LogP contribution in [-0.2, 0) is 4.79 Å². The third-order valence-electron chi connectivity index (χ3n) is 1.73. The maximum atomic E-state index is 11.4. The van der Waals surface area contributed by atoms with E-state index in [2.05, 4.69) is 27.8 Å². The number of hydrogen-bond donors (Lipinski definition) is 2. The zero-order valence-electron chi connectivity index (χ0n) is 10.8. The molecular weight excluding hydrogens is 304 g/mol. The Bertz CT molecular complexity index is 425. The van der Waals surface area contributed by atoms with Crippen molar-refractivity contribution in [1.29, 1.82) is 0 Å². The highest BCUT2D eigenvalue weighted by atomic mass is 32.2. The fourth-order valence-corrected chi connectivity index (χ4v) is 3.74. The van der Waals surface area contributed by atoms with Crippen LogP contribution in [0.15, 0.2) is 8.68 Å². The minimum atomic E-state index is -0.468. The number of hydrogen-bond acceptors (Lipinski definition) is 7. The zero-order chi connectivity index (χ0) is 14.1. The lowest BCUT2D eigenvalue weighted by atomic mass is 10.6. The number of thioether (sulfide) groups is 2. The summed E-state index contributed by atoms with van der Waals surface area (Å²) in [7, 11) is 0. The molecule has 1 aromatic heterocycles. The van der Waals surface area contributed by atoms with Crippen molar-refractivity contribution in [3.63, 3.8) is 0 Å². The first-order chi connectivity index (χ1) is 9.15. The van der Waals surface area contributed by atoms with Crippen molar-refractivity contribution in [2.75, 3.05) is 18.1 Å². The molecule has 0 spiro atoms. The maximum Gasteiger partial charge on any atom is 0.321 e. The average molecular weight is 320 g/mol. The smallest absolute Gasteiger partial charge is 0.321 e. The summed E-state index contributed by atoms with van der Waals surface area (Å²) in [6, 6.07) is -0.468. The summed E-state index contributed by atoms with van der Waals surface area (Å²) in [6.07, 6.45) is 1.08. The first-order valence-electron chi connectivity index (χ1n) is 5.82. The highest BCUT2D eigenvalue weighted by Gasteiger charge is 2.10. The van der Waals surface area contributed by atoms with Gasteiger partial charge in [0.25, 0.3) is 0 Å². The van der Waals surface area contributed by atoms with Gasteiger partial charge in [0.1, 0.15) is 0 Å². The van der Waals surface area contributed by atoms with E-state index in [1.165, 1.54) is 23.1 Å². The van der Waals surface area contributed by atoms with Crippen molar-refractivity contribution in [1.82, 2.24) is 20.8 Å². The normalized spacial score (nSPS) is 10.2. The van der Waals surface area contributed by atoms with Crippen LogP contribution in [0.3, 0.4) is 0 Å². The van der Waals surface area contributed by atoms with E-state index in [1.807, 2.05) is 0 Å². The van der Waals surface area contributed by atoms with Gasteiger partial charge in [-0.2, -0.15) is 0 Å². The first kappa shape index (κ1) is 16.3. The predicted molar refractivity (Wildman–Crippen MR) is 78.9 cm³/mol. The number of carbonyl (C=O) groups is 2. The van der Waals surface area contributed by atoms with Crippen molar-refractivity contribution >= 4 is 46.8 Å². The average Bonchev–Trinajstić information content (AvgIpc) is 2.82. The standard InChI is InChI=1S/C10H16N4O2S3/c1-3-5-17-9-13-14-10(19-9)18-6-7(15)12-8(16)11-4-2/h3-6H2,1-2H3,(H2,11,12,15,16). The molecule has 106 valence electrons. The van der Waals surface area contributed by atoms with Crippen LogP contribution in [0.25, 0.3) is 0 Å². The Balaban J connectivity index is 2.29. The summed E-state index contributed by atoms with van der Waals surface area (Å²) < 4.78 is 1.65. The second-order valence-corrected chi connectivity index (χ2v) is 6.92. The van der Waals surface area contributed by atoms with Crippen molar-refractivity contribution < 1.29 is 9.59 Å². The van der Waals surface area contributed by atoms with Gasteiger partial charge in [-0.1, -0.05) is 41.8 Å². The molecule has 19 heavy (non-hydrogen) atoms. The largest absolute Gasteiger partial charge is 0.338 e. The summed E-state index contributed by atoms with van der Waals surface area (Å²) in [4.78, 5) is 22.5. The quantitative estimate of drug-likeness (QED) is 0.747. The van der Waals surface area contributed by atoms with Gasteiger partial charge >= 0.3 is 6.03 Å². The molecule has 1 rings (SSSR count). The lowest BCUT2D eigenvalue weighted by Gasteiger charge is -2.02. The van der Waals surface area contributed by atoms with Crippen molar-refractivity contribution in [2.45, 2.75) is 28.9 Å². The van der Waals surface area contributed by atoms with E-state index < -0.39 is 6.03 Å². The fourth-order valence-electron chi connectivity index (χ4n) is 0.998. The SMILES string of the molecule is CCCSc1nnc(SCC(=O)NC(=O)NCC)s1. The van der Waals surface area contributed by atoms with E-state index in [9.17, 15) is 9.59 Å². The van der Waals surface area contributed by atoms with Crippen LogP contribution in [-0.4, -0.2) is 40.2 Å². The number of urea groups is 1. The lowest BCUT2D eigenvalue weighted by Crippen LogP contribution is -2.40. The van der Waals surface area contributed by atoms with E-state index in [-0.39, 0.29) is 11.7 Å². The van der Waals surface area contributed by atoms with E-state index in [4.69, 9.17) is 0 Å². The summed E-state index contributed by atoms with van der Waals surface area (Å²) in [5, 5.41) is 12.7. The molecule has 0 unspecified atom stereocenters. The Morgan fingerprint density at radius 2 is 1.89 bits per heavy atom. The zero-order valence-corrected chi connectivity index (χ0v) is 13.2. The number of imide groups is 1. The highest BCUT2D eigenvalue weighted by Crippen LogP contribution is 2.28. The Morgan fingerprint density at radius 1 is 1.21 bits per heavy atom. The minimum Gasteiger partial charge on any atom is -0.338 e. The highest BCUT2D eigenvalue weighted by molar-refractivity contribution is 8.03. The summed E-state index contributed by atoms with van der Waals surface area (Å²) in [5.74, 6) is 0.829. The third-order valence-corrected chi connectivity index (χ3v) is 5.13. The molecule has 0 aliphatic carbocycles. The summed E-state index contributed by atoms with van der Waals surface area (Å²) in [5.41, 5.74) is 0. The first-order valence-corrected chi connectivity index (χ1v) is 8.61. The Labute approximate surface area is 124 Å². The summed E-state index contributed by atoms with van der Waals surface area (Å²) in [6.45, 7) is 4.38. The van der Waals surface area contributed by atoms with Gasteiger partial charge in [0.15, 0.2) is 8.68 Å². The van der Waals surface area contributed by atoms with Gasteiger partial charge in [-0.05, 0) is 13.3 Å². The molecule has 0 atom stereocenters. The number of nitrogens with zero attached hydrogens (tertiary/aromatic N) is 2. The van der Waals surface area contributed by atoms with Gasteiger partial charge in [0, 0.05) is 12.3 Å². The fraction of sp³-hybridized carbons (Fsp3) is 0.600. The maximum absolute atomic E-state index is 11.4. The Hall–Kier alpha value is -0.800. The third kappa shape index (κ3) is 6.79. The van der Waals surface area contributed by atoms with Crippen molar-refractivity contribution in [2.24, 2.45) is 0 Å². The number of nitrogens with one attached hydrogen (secondary N) is 2. The van der Waals surface area contributed by atoms with E-state index in [0.29, 0.717) is 6.54 Å². The van der Waals surface area contributed by atoms with Crippen LogP contribution < -0.4 is 10.6 Å². The Kier molecular flexibility index (Phi) is 7.84. The van der Waals surface area contributed by atoms with Gasteiger partial charge in [-0.15, -0.1) is 10.2 Å². The molecule has 2 N–H and O–H groups in total. The van der Waals surface area contributed by atoms with Crippen molar-refractivity contribution in [3.8, 4) is 0 Å². The lowest BCUT2D eigenvalue weighted by molar-refractivity contribution is -0.117. The van der Waals surface area contributed by atoms with Crippen LogP contribution in [0.4, 0.5) is 4.79 Å². The van der Waals surface area contributed by atoms with Crippen LogP contribution >= 0.6 is 34.9 Å². The molecule has 1 heterocycles. The number of amides is 3. The molecular formula is C10H16N4O2S3. The molecule has 9 heteroatoms. The van der Waals surface area contributed by atoms with E-state index >= 15 is 0 Å². The molecule has 0 bridgehead atoms. The van der Waals surface area contributed by atoms with E-state index in [0.717, 1.165) is 20.9 Å². The number of aromatic nitrogens is 2. The molecule has 1 aromatic rings. The van der Waals surface area contributed by atoms with Crippen LogP contribution in [0.2, 0.25) is 0 Å². The molecule has 0 saturated carbocycles. The molecule has 0 saturated heterocycles. The number of rotatable bonds is 7. The van der Waals surface area contributed by atoms with Crippen LogP contribution in [0, 0.1) is 0 Å². The molecule has 0 aromatic carbocycles. The molecule has 0 aliphatic heterocycles. The topological polar surface area (TPSA) is 84.0 Å².